The molecular weight excluding hydrogens is 513 g/mol. The van der Waals surface area contributed by atoms with Crippen LogP contribution >= 0.6 is 0 Å². The van der Waals surface area contributed by atoms with Gasteiger partial charge in [-0.3, -0.25) is 9.59 Å². The number of ether oxygens (including phenoxy) is 1. The number of halogens is 3. The van der Waals surface area contributed by atoms with Crippen LogP contribution in [0.3, 0.4) is 0 Å². The van der Waals surface area contributed by atoms with E-state index in [-0.39, 0.29) is 48.4 Å². The molecule has 3 rings (SSSR count). The highest BCUT2D eigenvalue weighted by Crippen LogP contribution is 2.32. The Morgan fingerprint density at radius 3 is 2.56 bits per heavy atom. The summed E-state index contributed by atoms with van der Waals surface area (Å²) in [4.78, 5) is 39.6. The number of amides is 3. The second-order valence-corrected chi connectivity index (χ2v) is 9.35. The molecule has 8 nitrogen and oxygen atoms in total. The first-order chi connectivity index (χ1) is 18.5. The van der Waals surface area contributed by atoms with E-state index in [4.69, 9.17) is 4.74 Å². The quantitative estimate of drug-likeness (QED) is 0.373. The predicted octanol–water partition coefficient (Wildman–Crippen LogP) is 5.25. The van der Waals surface area contributed by atoms with Crippen LogP contribution in [0.4, 0.5) is 29.3 Å². The standard InChI is InChI=1S/C28H33F3N4O4/c1-4-13-39-27(38)35-18(3)14-21(16-22(35)5-2)34-25(36)17-32-26(37)23-11-6-7-12-24(23)33-20-10-8-9-19(15-20)28(29,30)31/h4,6-12,15,18,21-22,33H,1,5,13-14,16-17H2,2-3H3,(H,32,37)(H,34,36)/t18-,21-,22+/m1/s1. The van der Waals surface area contributed by atoms with Crippen molar-refractivity contribution in [2.45, 2.75) is 57.4 Å². The zero-order chi connectivity index (χ0) is 28.6. The van der Waals surface area contributed by atoms with Crippen molar-refractivity contribution >= 4 is 29.3 Å². The summed E-state index contributed by atoms with van der Waals surface area (Å²) >= 11 is 0. The minimum absolute atomic E-state index is 0.111. The molecule has 0 radical (unpaired) electrons. The molecule has 1 aliphatic heterocycles. The molecule has 11 heteroatoms. The molecule has 210 valence electrons. The summed E-state index contributed by atoms with van der Waals surface area (Å²) in [7, 11) is 0. The van der Waals surface area contributed by atoms with Crippen LogP contribution in [0.2, 0.25) is 0 Å². The normalized spacial score (nSPS) is 19.1. The summed E-state index contributed by atoms with van der Waals surface area (Å²) in [6.07, 6.45) is -1.64. The molecule has 3 amide bonds. The minimum Gasteiger partial charge on any atom is -0.445 e. The number of carbonyl (C=O) groups excluding carboxylic acids is 3. The summed E-state index contributed by atoms with van der Waals surface area (Å²) in [6, 6.07) is 10.5. The highest BCUT2D eigenvalue weighted by molar-refractivity contribution is 6.01. The van der Waals surface area contributed by atoms with Gasteiger partial charge in [0.25, 0.3) is 5.91 Å². The lowest BCUT2D eigenvalue weighted by atomic mass is 9.91. The van der Waals surface area contributed by atoms with E-state index < -0.39 is 23.7 Å². The smallest absolute Gasteiger partial charge is 0.416 e. The van der Waals surface area contributed by atoms with Crippen molar-refractivity contribution < 1.29 is 32.3 Å². The number of nitrogens with zero attached hydrogens (tertiary/aromatic N) is 1. The lowest BCUT2D eigenvalue weighted by Crippen LogP contribution is -2.56. The Balaban J connectivity index is 1.58. The maximum atomic E-state index is 13.1. The van der Waals surface area contributed by atoms with Gasteiger partial charge in [0.05, 0.1) is 23.4 Å². The number of nitrogens with one attached hydrogen (secondary N) is 3. The summed E-state index contributed by atoms with van der Waals surface area (Å²) in [5.41, 5.74) is -0.175. The number of carbonyl (C=O) groups is 3. The number of alkyl halides is 3. The molecule has 0 spiro atoms. The molecule has 0 aromatic heterocycles. The topological polar surface area (TPSA) is 99.8 Å². The number of piperidine rings is 1. The summed E-state index contributed by atoms with van der Waals surface area (Å²) in [5, 5.41) is 8.35. The third-order valence-electron chi connectivity index (χ3n) is 6.47. The van der Waals surface area contributed by atoms with Gasteiger partial charge in [0.15, 0.2) is 0 Å². The predicted molar refractivity (Wildman–Crippen MR) is 142 cm³/mol. The molecule has 0 bridgehead atoms. The van der Waals surface area contributed by atoms with Crippen LogP contribution in [0.25, 0.3) is 0 Å². The average molecular weight is 547 g/mol. The molecule has 3 atom stereocenters. The number of para-hydroxylation sites is 1. The molecule has 39 heavy (non-hydrogen) atoms. The number of rotatable bonds is 9. The SMILES string of the molecule is C=CCOC(=O)N1[C@@H](CC)C[C@H](NC(=O)CNC(=O)c2ccccc2Nc2cccc(C(F)(F)F)c2)C[C@H]1C. The molecule has 1 aliphatic rings. The fraction of sp³-hybridized carbons (Fsp3) is 0.393. The second-order valence-electron chi connectivity index (χ2n) is 9.35. The van der Waals surface area contributed by atoms with Crippen LogP contribution in [-0.4, -0.2) is 54.1 Å². The third kappa shape index (κ3) is 7.98. The zero-order valence-corrected chi connectivity index (χ0v) is 21.9. The number of benzene rings is 2. The number of anilines is 2. The minimum atomic E-state index is -4.50. The summed E-state index contributed by atoms with van der Waals surface area (Å²) < 4.78 is 44.4. The largest absolute Gasteiger partial charge is 0.445 e. The maximum absolute atomic E-state index is 13.1. The van der Waals surface area contributed by atoms with Gasteiger partial charge in [-0.25, -0.2) is 4.79 Å². The molecule has 3 N–H and O–H groups in total. The van der Waals surface area contributed by atoms with Gasteiger partial charge in [0.2, 0.25) is 5.91 Å². The molecule has 1 saturated heterocycles. The van der Waals surface area contributed by atoms with Gasteiger partial charge in [0, 0.05) is 23.8 Å². The van der Waals surface area contributed by atoms with Crippen LogP contribution in [0.1, 0.15) is 49.0 Å². The molecule has 0 aliphatic carbocycles. The molecule has 1 fully saturated rings. The van der Waals surface area contributed by atoms with Crippen molar-refractivity contribution in [1.82, 2.24) is 15.5 Å². The Labute approximate surface area is 225 Å². The summed E-state index contributed by atoms with van der Waals surface area (Å²) in [6.45, 7) is 7.24. The molecule has 2 aromatic carbocycles. The van der Waals surface area contributed by atoms with Crippen LogP contribution < -0.4 is 16.0 Å². The van der Waals surface area contributed by atoms with Crippen molar-refractivity contribution in [2.75, 3.05) is 18.5 Å². The average Bonchev–Trinajstić information content (AvgIpc) is 2.90. The Bertz CT molecular complexity index is 1190. The van der Waals surface area contributed by atoms with Gasteiger partial charge in [-0.05, 0) is 56.5 Å². The highest BCUT2D eigenvalue weighted by Gasteiger charge is 2.37. The molecular formula is C28H33F3N4O4. The van der Waals surface area contributed by atoms with Gasteiger partial charge < -0.3 is 25.6 Å². The first-order valence-electron chi connectivity index (χ1n) is 12.7. The van der Waals surface area contributed by atoms with Gasteiger partial charge in [-0.15, -0.1) is 0 Å². The van der Waals surface area contributed by atoms with Crippen LogP contribution in [-0.2, 0) is 15.7 Å². The van der Waals surface area contributed by atoms with Crippen molar-refractivity contribution in [2.24, 2.45) is 0 Å². The Hall–Kier alpha value is -4.02. The van der Waals surface area contributed by atoms with E-state index in [0.717, 1.165) is 12.1 Å². The van der Waals surface area contributed by atoms with Crippen molar-refractivity contribution in [1.29, 1.82) is 0 Å². The second kappa shape index (κ2) is 13.2. The van der Waals surface area contributed by atoms with Crippen molar-refractivity contribution in [3.8, 4) is 0 Å². The maximum Gasteiger partial charge on any atom is 0.416 e. The van der Waals surface area contributed by atoms with Crippen LogP contribution in [0.5, 0.6) is 0 Å². The fourth-order valence-electron chi connectivity index (χ4n) is 4.69. The Morgan fingerprint density at radius 1 is 1.13 bits per heavy atom. The molecule has 0 saturated carbocycles. The first-order valence-corrected chi connectivity index (χ1v) is 12.7. The lowest BCUT2D eigenvalue weighted by molar-refractivity contribution is -0.137. The van der Waals surface area contributed by atoms with Gasteiger partial charge in [-0.1, -0.05) is 37.8 Å². The number of hydrogen-bond donors (Lipinski definition) is 3. The number of likely N-dealkylation sites (tertiary alicyclic amines) is 1. The van der Waals surface area contributed by atoms with Gasteiger partial charge in [0.1, 0.15) is 6.61 Å². The van der Waals surface area contributed by atoms with E-state index in [1.54, 1.807) is 23.1 Å². The van der Waals surface area contributed by atoms with E-state index in [1.165, 1.54) is 24.3 Å². The zero-order valence-electron chi connectivity index (χ0n) is 21.9. The van der Waals surface area contributed by atoms with E-state index in [0.29, 0.717) is 24.9 Å². The number of hydrogen-bond acceptors (Lipinski definition) is 5. The Kier molecular flexibility index (Phi) is 9.97. The van der Waals surface area contributed by atoms with Crippen LogP contribution in [0.15, 0.2) is 61.2 Å². The highest BCUT2D eigenvalue weighted by atomic mass is 19.4. The molecule has 1 heterocycles. The fourth-order valence-corrected chi connectivity index (χ4v) is 4.69. The van der Waals surface area contributed by atoms with Crippen LogP contribution in [0, 0.1) is 0 Å². The van der Waals surface area contributed by atoms with E-state index in [9.17, 15) is 27.6 Å². The molecule has 0 unspecified atom stereocenters. The van der Waals surface area contributed by atoms with Crippen molar-refractivity contribution in [3.05, 3.63) is 72.3 Å². The lowest BCUT2D eigenvalue weighted by Gasteiger charge is -2.43. The van der Waals surface area contributed by atoms with Gasteiger partial charge >= 0.3 is 12.3 Å². The van der Waals surface area contributed by atoms with E-state index in [1.807, 2.05) is 13.8 Å². The summed E-state index contributed by atoms with van der Waals surface area (Å²) in [5.74, 6) is -0.943. The van der Waals surface area contributed by atoms with Gasteiger partial charge in [-0.2, -0.15) is 13.2 Å². The van der Waals surface area contributed by atoms with Crippen molar-refractivity contribution in [3.63, 3.8) is 0 Å². The van der Waals surface area contributed by atoms with E-state index in [2.05, 4.69) is 22.5 Å². The Morgan fingerprint density at radius 2 is 1.87 bits per heavy atom. The first kappa shape index (κ1) is 29.5. The third-order valence-corrected chi connectivity index (χ3v) is 6.47. The molecule has 2 aromatic rings. The van der Waals surface area contributed by atoms with E-state index >= 15 is 0 Å². The monoisotopic (exact) mass is 546 g/mol.